The molecule has 0 radical (unpaired) electrons. The van der Waals surface area contributed by atoms with E-state index in [1.54, 1.807) is 26.3 Å². The molecule has 2 aromatic rings. The Balaban J connectivity index is 0.00000300. The van der Waals surface area contributed by atoms with Crippen molar-refractivity contribution in [1.82, 2.24) is 10.2 Å². The number of hydrogen-bond donors (Lipinski definition) is 2. The largest absolute Gasteiger partial charge is 0.497 e. The molecular weight excluding hydrogens is 486 g/mol. The molecule has 29 heavy (non-hydrogen) atoms. The maximum absolute atomic E-state index is 13.5. The van der Waals surface area contributed by atoms with E-state index in [2.05, 4.69) is 32.2 Å². The van der Waals surface area contributed by atoms with Gasteiger partial charge in [0.2, 0.25) is 0 Å². The highest BCUT2D eigenvalue weighted by Crippen LogP contribution is 2.22. The number of rotatable bonds is 5. The number of aliphatic hydroxyl groups is 1. The predicted octanol–water partition coefficient (Wildman–Crippen LogP) is 2.84. The first-order valence-corrected chi connectivity index (χ1v) is 9.37. The number of ether oxygens (including phenoxy) is 1. The second-order valence-electron chi connectivity index (χ2n) is 6.66. The zero-order valence-electron chi connectivity index (χ0n) is 16.8. The van der Waals surface area contributed by atoms with Gasteiger partial charge < -0.3 is 25.0 Å². The lowest BCUT2D eigenvalue weighted by Gasteiger charge is -2.37. The highest BCUT2D eigenvalue weighted by atomic mass is 127. The van der Waals surface area contributed by atoms with Crippen molar-refractivity contribution in [3.05, 3.63) is 59.4 Å². The van der Waals surface area contributed by atoms with Gasteiger partial charge in [0.15, 0.2) is 5.96 Å². The number of nitrogens with zero attached hydrogens (tertiary/aromatic N) is 3. The third kappa shape index (κ3) is 5.96. The number of halogens is 2. The number of benzene rings is 2. The van der Waals surface area contributed by atoms with Crippen molar-refractivity contribution in [2.75, 3.05) is 45.2 Å². The summed E-state index contributed by atoms with van der Waals surface area (Å²) in [5.41, 5.74) is 2.37. The van der Waals surface area contributed by atoms with Crippen LogP contribution in [0.15, 0.2) is 47.5 Å². The summed E-state index contributed by atoms with van der Waals surface area (Å²) < 4.78 is 18.8. The average Bonchev–Trinajstić information content (AvgIpc) is 2.75. The zero-order chi connectivity index (χ0) is 19.9. The van der Waals surface area contributed by atoms with E-state index in [1.165, 1.54) is 6.07 Å². The van der Waals surface area contributed by atoms with Gasteiger partial charge in [-0.3, -0.25) is 4.99 Å². The van der Waals surface area contributed by atoms with Crippen molar-refractivity contribution < 1.29 is 14.2 Å². The highest BCUT2D eigenvalue weighted by molar-refractivity contribution is 14.0. The standard InChI is InChI=1S/C21H27FN4O2.HI/c1-23-21(24-14-16-6-7-20(22)17(12-16)15-27)26-10-8-25(9-11-26)18-4-3-5-19(13-18)28-2;/h3-7,12-13,27H,8-11,14-15H2,1-2H3,(H,23,24);1H. The Bertz CT molecular complexity index is 826. The molecule has 0 bridgehead atoms. The van der Waals surface area contributed by atoms with E-state index in [0.717, 1.165) is 49.1 Å². The Labute approximate surface area is 188 Å². The topological polar surface area (TPSA) is 60.3 Å². The van der Waals surface area contributed by atoms with Gasteiger partial charge in [-0.15, -0.1) is 24.0 Å². The van der Waals surface area contributed by atoms with Gasteiger partial charge in [0.25, 0.3) is 0 Å². The van der Waals surface area contributed by atoms with Crippen LogP contribution in [0, 0.1) is 5.82 Å². The summed E-state index contributed by atoms with van der Waals surface area (Å²) >= 11 is 0. The molecule has 0 saturated carbocycles. The average molecular weight is 514 g/mol. The predicted molar refractivity (Wildman–Crippen MR) is 125 cm³/mol. The smallest absolute Gasteiger partial charge is 0.194 e. The summed E-state index contributed by atoms with van der Waals surface area (Å²) in [4.78, 5) is 8.93. The van der Waals surface area contributed by atoms with Crippen LogP contribution >= 0.6 is 24.0 Å². The van der Waals surface area contributed by atoms with E-state index in [4.69, 9.17) is 4.74 Å². The Morgan fingerprint density at radius 1 is 1.17 bits per heavy atom. The van der Waals surface area contributed by atoms with Crippen LogP contribution in [-0.2, 0) is 13.2 Å². The lowest BCUT2D eigenvalue weighted by atomic mass is 10.1. The third-order valence-corrected chi connectivity index (χ3v) is 4.94. The molecule has 0 unspecified atom stereocenters. The number of aliphatic hydroxyl groups excluding tert-OH is 1. The Morgan fingerprint density at radius 2 is 1.93 bits per heavy atom. The van der Waals surface area contributed by atoms with Crippen LogP contribution in [0.4, 0.5) is 10.1 Å². The molecule has 2 aromatic carbocycles. The molecule has 6 nitrogen and oxygen atoms in total. The monoisotopic (exact) mass is 514 g/mol. The van der Waals surface area contributed by atoms with Crippen molar-refractivity contribution in [3.63, 3.8) is 0 Å². The molecule has 0 amide bonds. The zero-order valence-corrected chi connectivity index (χ0v) is 19.1. The molecule has 0 aromatic heterocycles. The highest BCUT2D eigenvalue weighted by Gasteiger charge is 2.20. The fourth-order valence-corrected chi connectivity index (χ4v) is 3.36. The van der Waals surface area contributed by atoms with Crippen molar-refractivity contribution in [1.29, 1.82) is 0 Å². The fraction of sp³-hybridized carbons (Fsp3) is 0.381. The van der Waals surface area contributed by atoms with Gasteiger partial charge in [0.05, 0.1) is 13.7 Å². The summed E-state index contributed by atoms with van der Waals surface area (Å²) in [6.07, 6.45) is 0. The van der Waals surface area contributed by atoms with Gasteiger partial charge in [-0.1, -0.05) is 12.1 Å². The first-order chi connectivity index (χ1) is 13.6. The second-order valence-corrected chi connectivity index (χ2v) is 6.66. The Hall–Kier alpha value is -2.07. The molecular formula is C21H28FIN4O2. The summed E-state index contributed by atoms with van der Waals surface area (Å²) in [6.45, 7) is 3.69. The van der Waals surface area contributed by atoms with Crippen LogP contribution in [0.3, 0.4) is 0 Å². The Kier molecular flexibility index (Phi) is 8.97. The maximum Gasteiger partial charge on any atom is 0.194 e. The summed E-state index contributed by atoms with van der Waals surface area (Å²) in [6, 6.07) is 12.9. The first kappa shape index (κ1) is 23.2. The van der Waals surface area contributed by atoms with Crippen LogP contribution in [0.1, 0.15) is 11.1 Å². The van der Waals surface area contributed by atoms with E-state index >= 15 is 0 Å². The quantitative estimate of drug-likeness (QED) is 0.365. The molecule has 3 rings (SSSR count). The molecule has 0 spiro atoms. The van der Waals surface area contributed by atoms with E-state index in [-0.39, 0.29) is 36.4 Å². The summed E-state index contributed by atoms with van der Waals surface area (Å²) in [5.74, 6) is 1.29. The molecule has 1 saturated heterocycles. The number of aliphatic imine (C=N–C) groups is 1. The van der Waals surface area contributed by atoms with Gasteiger partial charge in [-0.2, -0.15) is 0 Å². The SMILES string of the molecule is CN=C(NCc1ccc(F)c(CO)c1)N1CCN(c2cccc(OC)c2)CC1.I. The number of anilines is 1. The van der Waals surface area contributed by atoms with Gasteiger partial charge in [0, 0.05) is 57.1 Å². The van der Waals surface area contributed by atoms with Gasteiger partial charge in [-0.25, -0.2) is 4.39 Å². The van der Waals surface area contributed by atoms with Crippen molar-refractivity contribution >= 4 is 35.6 Å². The lowest BCUT2D eigenvalue weighted by Crippen LogP contribution is -2.52. The minimum atomic E-state index is -0.385. The number of methoxy groups -OCH3 is 1. The van der Waals surface area contributed by atoms with Crippen LogP contribution in [-0.4, -0.2) is 56.3 Å². The molecule has 1 heterocycles. The molecule has 0 aliphatic carbocycles. The van der Waals surface area contributed by atoms with Crippen molar-refractivity contribution in [2.24, 2.45) is 4.99 Å². The summed E-state index contributed by atoms with van der Waals surface area (Å²) in [5, 5.41) is 12.5. The number of guanidine groups is 1. The van der Waals surface area contributed by atoms with Gasteiger partial charge >= 0.3 is 0 Å². The number of hydrogen-bond acceptors (Lipinski definition) is 4. The van der Waals surface area contributed by atoms with Crippen LogP contribution < -0.4 is 15.0 Å². The summed E-state index contributed by atoms with van der Waals surface area (Å²) in [7, 11) is 3.44. The number of piperazine rings is 1. The van der Waals surface area contributed by atoms with Crippen molar-refractivity contribution in [2.45, 2.75) is 13.2 Å². The van der Waals surface area contributed by atoms with E-state index in [9.17, 15) is 9.50 Å². The van der Waals surface area contributed by atoms with Crippen LogP contribution in [0.25, 0.3) is 0 Å². The van der Waals surface area contributed by atoms with Crippen LogP contribution in [0.5, 0.6) is 5.75 Å². The van der Waals surface area contributed by atoms with E-state index in [0.29, 0.717) is 12.1 Å². The molecule has 1 aliphatic rings. The number of nitrogens with one attached hydrogen (secondary N) is 1. The first-order valence-electron chi connectivity index (χ1n) is 9.37. The minimum Gasteiger partial charge on any atom is -0.497 e. The van der Waals surface area contributed by atoms with Gasteiger partial charge in [0.1, 0.15) is 11.6 Å². The molecule has 8 heteroatoms. The second kappa shape index (κ2) is 11.2. The molecule has 1 aliphatic heterocycles. The fourth-order valence-electron chi connectivity index (χ4n) is 3.36. The molecule has 0 atom stereocenters. The minimum absolute atomic E-state index is 0. The Morgan fingerprint density at radius 3 is 2.59 bits per heavy atom. The van der Waals surface area contributed by atoms with Crippen molar-refractivity contribution in [3.8, 4) is 5.75 Å². The van der Waals surface area contributed by atoms with E-state index in [1.807, 2.05) is 12.1 Å². The molecule has 2 N–H and O–H groups in total. The maximum atomic E-state index is 13.5. The third-order valence-electron chi connectivity index (χ3n) is 4.94. The normalized spacial score (nSPS) is 14.4. The molecule has 1 fully saturated rings. The van der Waals surface area contributed by atoms with E-state index < -0.39 is 0 Å². The van der Waals surface area contributed by atoms with Crippen LogP contribution in [0.2, 0.25) is 0 Å². The van der Waals surface area contributed by atoms with Gasteiger partial charge in [-0.05, 0) is 29.8 Å². The lowest BCUT2D eigenvalue weighted by molar-refractivity contribution is 0.275. The molecule has 158 valence electrons.